The summed E-state index contributed by atoms with van der Waals surface area (Å²) in [5.41, 5.74) is 0.646. The van der Waals surface area contributed by atoms with E-state index < -0.39 is 11.6 Å². The van der Waals surface area contributed by atoms with Gasteiger partial charge < -0.3 is 20.3 Å². The molecule has 1 fully saturated rings. The van der Waals surface area contributed by atoms with E-state index in [1.165, 1.54) is 5.56 Å². The molecular weight excluding hydrogens is 451 g/mol. The van der Waals surface area contributed by atoms with Crippen LogP contribution in [0.5, 0.6) is 5.75 Å². The lowest BCUT2D eigenvalue weighted by Gasteiger charge is -2.34. The third-order valence-corrected chi connectivity index (χ3v) is 6.07. The van der Waals surface area contributed by atoms with Gasteiger partial charge in [-0.25, -0.2) is 0 Å². The minimum Gasteiger partial charge on any atom is -0.490 e. The predicted octanol–water partition coefficient (Wildman–Crippen LogP) is 4.00. The van der Waals surface area contributed by atoms with Crippen LogP contribution in [0.2, 0.25) is 10.0 Å². The Labute approximate surface area is 199 Å². The smallest absolute Gasteiger partial charge is 0.307 e. The summed E-state index contributed by atoms with van der Waals surface area (Å²) in [7, 11) is 0. The van der Waals surface area contributed by atoms with Crippen LogP contribution in [0.4, 0.5) is 0 Å². The highest BCUT2D eigenvalue weighted by molar-refractivity contribution is 6.30. The quantitative estimate of drug-likeness (QED) is 0.476. The fourth-order valence-corrected chi connectivity index (χ4v) is 4.10. The van der Waals surface area contributed by atoms with Crippen molar-refractivity contribution >= 4 is 29.2 Å². The summed E-state index contributed by atoms with van der Waals surface area (Å²) < 4.78 is 5.76. The lowest BCUT2D eigenvalue weighted by Crippen LogP contribution is -2.49. The van der Waals surface area contributed by atoms with Gasteiger partial charge in [0.05, 0.1) is 6.42 Å². The molecule has 0 unspecified atom stereocenters. The maximum atomic E-state index is 11.1. The number of hydrogen-bond donors (Lipinski definition) is 3. The van der Waals surface area contributed by atoms with Crippen molar-refractivity contribution in [3.63, 3.8) is 0 Å². The molecule has 0 aromatic heterocycles. The third-order valence-electron chi connectivity index (χ3n) is 5.58. The van der Waals surface area contributed by atoms with Gasteiger partial charge in [0.15, 0.2) is 0 Å². The molecule has 32 heavy (non-hydrogen) atoms. The number of rotatable bonds is 10. The average molecular weight is 481 g/mol. The maximum Gasteiger partial charge on any atom is 0.307 e. The van der Waals surface area contributed by atoms with E-state index in [1.54, 1.807) is 25.1 Å². The van der Waals surface area contributed by atoms with E-state index in [-0.39, 0.29) is 13.0 Å². The second-order valence-corrected chi connectivity index (χ2v) is 9.54. The predicted molar refractivity (Wildman–Crippen MR) is 127 cm³/mol. The molecule has 1 heterocycles. The molecule has 1 atom stereocenters. The first-order chi connectivity index (χ1) is 15.2. The normalized spacial score (nSPS) is 17.1. The van der Waals surface area contributed by atoms with Gasteiger partial charge >= 0.3 is 5.97 Å². The number of carboxylic acid groups (broad SMARTS) is 1. The fourth-order valence-electron chi connectivity index (χ4n) is 3.78. The van der Waals surface area contributed by atoms with Gasteiger partial charge in [-0.2, -0.15) is 0 Å². The third kappa shape index (κ3) is 7.94. The van der Waals surface area contributed by atoms with Crippen LogP contribution in [0, 0.1) is 0 Å². The Morgan fingerprint density at radius 3 is 2.47 bits per heavy atom. The molecular formula is C24H30Cl2N2O4. The monoisotopic (exact) mass is 480 g/mol. The van der Waals surface area contributed by atoms with Crippen molar-refractivity contribution in [2.75, 3.05) is 26.2 Å². The minimum atomic E-state index is -1.10. The van der Waals surface area contributed by atoms with Gasteiger partial charge in [-0.1, -0.05) is 35.3 Å². The van der Waals surface area contributed by atoms with E-state index >= 15 is 0 Å². The van der Waals surface area contributed by atoms with E-state index in [4.69, 9.17) is 33.0 Å². The second-order valence-electron chi connectivity index (χ2n) is 8.67. The van der Waals surface area contributed by atoms with Crippen molar-refractivity contribution in [2.45, 2.75) is 44.4 Å². The van der Waals surface area contributed by atoms with Crippen molar-refractivity contribution in [1.29, 1.82) is 0 Å². The largest absolute Gasteiger partial charge is 0.490 e. The second kappa shape index (κ2) is 11.3. The number of hydrogen-bond acceptors (Lipinski definition) is 5. The Hall–Kier alpha value is -1.83. The number of ether oxygens (including phenoxy) is 1. The van der Waals surface area contributed by atoms with Crippen LogP contribution in [0.15, 0.2) is 42.5 Å². The van der Waals surface area contributed by atoms with Gasteiger partial charge in [0, 0.05) is 34.7 Å². The first kappa shape index (κ1) is 24.8. The summed E-state index contributed by atoms with van der Waals surface area (Å²) in [6.45, 7) is 5.03. The molecule has 0 aliphatic carbocycles. The number of halogens is 2. The molecule has 2 aromatic rings. The standard InChI is InChI=1S/C24H30Cl2N2O4/c1-24(31,16-32-22-7-6-20(26)12-18(22)13-23(29)30)15-27-21-8-10-28(11-9-21)14-17-2-4-19(25)5-3-17/h2-7,12,21,27,31H,8-11,13-16H2,1H3,(H,29,30)/t24-/m0/s1. The summed E-state index contributed by atoms with van der Waals surface area (Å²) in [5, 5.41) is 24.5. The van der Waals surface area contributed by atoms with Crippen LogP contribution >= 0.6 is 23.2 Å². The Kier molecular flexibility index (Phi) is 8.79. The van der Waals surface area contributed by atoms with Gasteiger partial charge in [0.1, 0.15) is 18.0 Å². The number of aliphatic carboxylic acids is 1. The van der Waals surface area contributed by atoms with E-state index in [0.29, 0.717) is 28.9 Å². The molecule has 0 radical (unpaired) electrons. The summed E-state index contributed by atoms with van der Waals surface area (Å²) in [5.74, 6) is -0.541. The topological polar surface area (TPSA) is 82.0 Å². The van der Waals surface area contributed by atoms with Crippen LogP contribution in [-0.2, 0) is 17.8 Å². The van der Waals surface area contributed by atoms with E-state index in [0.717, 1.165) is 37.5 Å². The first-order valence-corrected chi connectivity index (χ1v) is 11.5. The minimum absolute atomic E-state index is 0.0453. The van der Waals surface area contributed by atoms with Gasteiger partial charge in [-0.05, 0) is 68.8 Å². The van der Waals surface area contributed by atoms with Crippen molar-refractivity contribution in [2.24, 2.45) is 0 Å². The van der Waals surface area contributed by atoms with Gasteiger partial charge in [0.25, 0.3) is 0 Å². The number of likely N-dealkylation sites (tertiary alicyclic amines) is 1. The highest BCUT2D eigenvalue weighted by Gasteiger charge is 2.26. The van der Waals surface area contributed by atoms with Crippen LogP contribution < -0.4 is 10.1 Å². The molecule has 1 aliphatic rings. The van der Waals surface area contributed by atoms with E-state index in [2.05, 4.69) is 22.3 Å². The van der Waals surface area contributed by atoms with Crippen LogP contribution in [0.3, 0.4) is 0 Å². The van der Waals surface area contributed by atoms with Crippen molar-refractivity contribution in [1.82, 2.24) is 10.2 Å². The summed E-state index contributed by atoms with van der Waals surface area (Å²) in [4.78, 5) is 13.5. The molecule has 1 saturated heterocycles. The first-order valence-electron chi connectivity index (χ1n) is 10.8. The summed E-state index contributed by atoms with van der Waals surface area (Å²) >= 11 is 11.9. The number of nitrogens with zero attached hydrogens (tertiary/aromatic N) is 1. The number of carbonyl (C=O) groups is 1. The molecule has 0 bridgehead atoms. The van der Waals surface area contributed by atoms with Crippen LogP contribution in [-0.4, -0.2) is 59.0 Å². The number of piperidine rings is 1. The molecule has 3 N–H and O–H groups in total. The zero-order chi connectivity index (χ0) is 23.1. The zero-order valence-corrected chi connectivity index (χ0v) is 19.7. The average Bonchev–Trinajstić information content (AvgIpc) is 2.74. The fraction of sp³-hybridized carbons (Fsp3) is 0.458. The van der Waals surface area contributed by atoms with Gasteiger partial charge in [-0.3, -0.25) is 9.69 Å². The SMILES string of the molecule is C[C@](O)(CNC1CCN(Cc2ccc(Cl)cc2)CC1)COc1ccc(Cl)cc1CC(=O)O. The van der Waals surface area contributed by atoms with Crippen molar-refractivity contribution < 1.29 is 19.7 Å². The highest BCUT2D eigenvalue weighted by Crippen LogP contribution is 2.24. The Bertz CT molecular complexity index is 897. The Morgan fingerprint density at radius 1 is 1.16 bits per heavy atom. The Balaban J connectivity index is 1.43. The number of benzene rings is 2. The van der Waals surface area contributed by atoms with E-state index in [1.807, 2.05) is 12.1 Å². The molecule has 0 saturated carbocycles. The Morgan fingerprint density at radius 2 is 1.81 bits per heavy atom. The molecule has 174 valence electrons. The van der Waals surface area contributed by atoms with Crippen molar-refractivity contribution in [3.8, 4) is 5.75 Å². The zero-order valence-electron chi connectivity index (χ0n) is 18.2. The van der Waals surface area contributed by atoms with E-state index in [9.17, 15) is 9.90 Å². The number of carboxylic acids is 1. The van der Waals surface area contributed by atoms with Crippen molar-refractivity contribution in [3.05, 3.63) is 63.6 Å². The maximum absolute atomic E-state index is 11.1. The molecule has 3 rings (SSSR count). The highest BCUT2D eigenvalue weighted by atomic mass is 35.5. The molecule has 2 aromatic carbocycles. The molecule has 0 spiro atoms. The lowest BCUT2D eigenvalue weighted by molar-refractivity contribution is -0.136. The lowest BCUT2D eigenvalue weighted by atomic mass is 10.0. The molecule has 1 aliphatic heterocycles. The van der Waals surface area contributed by atoms with Gasteiger partial charge in [-0.15, -0.1) is 0 Å². The number of aliphatic hydroxyl groups is 1. The number of nitrogens with one attached hydrogen (secondary N) is 1. The molecule has 0 amide bonds. The summed E-state index contributed by atoms with van der Waals surface area (Å²) in [6.07, 6.45) is 1.82. The van der Waals surface area contributed by atoms with Gasteiger partial charge in [0.2, 0.25) is 0 Å². The summed E-state index contributed by atoms with van der Waals surface area (Å²) in [6, 6.07) is 13.2. The molecule has 6 nitrogen and oxygen atoms in total. The molecule has 8 heteroatoms. The van der Waals surface area contributed by atoms with Crippen LogP contribution in [0.1, 0.15) is 30.9 Å². The van der Waals surface area contributed by atoms with Crippen LogP contribution in [0.25, 0.3) is 0 Å².